The molecule has 0 radical (unpaired) electrons. The fourth-order valence-electron chi connectivity index (χ4n) is 3.75. The number of benzene rings is 2. The SMILES string of the molecule is COc1cc(OC)cc(C(=O)N2CCC[C@@](C)(C(=O)NCc3cccc(F)c3)C2)c1. The second kappa shape index (κ2) is 9.15. The van der Waals surface area contributed by atoms with Crippen molar-refractivity contribution in [3.05, 3.63) is 59.4 Å². The Bertz CT molecular complexity index is 911. The first-order chi connectivity index (χ1) is 14.3. The summed E-state index contributed by atoms with van der Waals surface area (Å²) in [6.07, 6.45) is 1.39. The van der Waals surface area contributed by atoms with Gasteiger partial charge in [-0.05, 0) is 49.6 Å². The van der Waals surface area contributed by atoms with Gasteiger partial charge in [-0.2, -0.15) is 0 Å². The molecule has 0 aromatic heterocycles. The molecule has 1 aliphatic rings. The average molecular weight is 414 g/mol. The Kier molecular flexibility index (Phi) is 6.59. The number of amides is 2. The van der Waals surface area contributed by atoms with Crippen molar-refractivity contribution >= 4 is 11.8 Å². The summed E-state index contributed by atoms with van der Waals surface area (Å²) < 4.78 is 23.9. The molecule has 2 amide bonds. The summed E-state index contributed by atoms with van der Waals surface area (Å²) >= 11 is 0. The number of halogens is 1. The highest BCUT2D eigenvalue weighted by Crippen LogP contribution is 2.32. The lowest BCUT2D eigenvalue weighted by Crippen LogP contribution is -2.51. The maximum atomic E-state index is 13.4. The second-order valence-electron chi connectivity index (χ2n) is 7.80. The van der Waals surface area contributed by atoms with Crippen molar-refractivity contribution in [3.8, 4) is 11.5 Å². The first kappa shape index (κ1) is 21.6. The van der Waals surface area contributed by atoms with Crippen LogP contribution >= 0.6 is 0 Å². The first-order valence-corrected chi connectivity index (χ1v) is 9.90. The van der Waals surface area contributed by atoms with E-state index in [9.17, 15) is 14.0 Å². The van der Waals surface area contributed by atoms with Crippen molar-refractivity contribution in [3.63, 3.8) is 0 Å². The van der Waals surface area contributed by atoms with Crippen LogP contribution in [0.1, 0.15) is 35.7 Å². The molecule has 1 aliphatic heterocycles. The number of ether oxygens (including phenoxy) is 2. The van der Waals surface area contributed by atoms with E-state index < -0.39 is 5.41 Å². The minimum Gasteiger partial charge on any atom is -0.497 e. The maximum Gasteiger partial charge on any atom is 0.254 e. The van der Waals surface area contributed by atoms with E-state index in [-0.39, 0.29) is 24.2 Å². The number of methoxy groups -OCH3 is 2. The number of hydrogen-bond acceptors (Lipinski definition) is 4. The predicted molar refractivity (Wildman–Crippen MR) is 111 cm³/mol. The van der Waals surface area contributed by atoms with Crippen molar-refractivity contribution in [2.75, 3.05) is 27.3 Å². The fourth-order valence-corrected chi connectivity index (χ4v) is 3.75. The largest absolute Gasteiger partial charge is 0.497 e. The van der Waals surface area contributed by atoms with E-state index in [1.165, 1.54) is 26.4 Å². The molecule has 1 N–H and O–H groups in total. The minimum absolute atomic E-state index is 0.146. The predicted octanol–water partition coefficient (Wildman–Crippen LogP) is 3.40. The van der Waals surface area contributed by atoms with Gasteiger partial charge >= 0.3 is 0 Å². The molecule has 1 atom stereocenters. The van der Waals surface area contributed by atoms with Crippen molar-refractivity contribution in [2.45, 2.75) is 26.3 Å². The molecule has 3 rings (SSSR count). The van der Waals surface area contributed by atoms with Crippen LogP contribution in [0.2, 0.25) is 0 Å². The lowest BCUT2D eigenvalue weighted by Gasteiger charge is -2.39. The molecule has 2 aromatic carbocycles. The van der Waals surface area contributed by atoms with E-state index in [4.69, 9.17) is 9.47 Å². The summed E-state index contributed by atoms with van der Waals surface area (Å²) in [7, 11) is 3.06. The molecular weight excluding hydrogens is 387 g/mol. The van der Waals surface area contributed by atoms with Gasteiger partial charge in [0.25, 0.3) is 5.91 Å². The molecule has 1 saturated heterocycles. The summed E-state index contributed by atoms with van der Waals surface area (Å²) in [5, 5.41) is 2.89. The van der Waals surface area contributed by atoms with E-state index in [1.807, 2.05) is 6.92 Å². The highest BCUT2D eigenvalue weighted by atomic mass is 19.1. The molecule has 2 aromatic rings. The van der Waals surface area contributed by atoms with Crippen molar-refractivity contribution in [1.29, 1.82) is 0 Å². The molecule has 1 heterocycles. The van der Waals surface area contributed by atoms with Gasteiger partial charge in [0.2, 0.25) is 5.91 Å². The Morgan fingerprint density at radius 2 is 1.83 bits per heavy atom. The third-order valence-electron chi connectivity index (χ3n) is 5.47. The minimum atomic E-state index is -0.718. The maximum absolute atomic E-state index is 13.4. The Balaban J connectivity index is 1.70. The third kappa shape index (κ3) is 4.90. The van der Waals surface area contributed by atoms with Gasteiger partial charge in [0, 0.05) is 31.3 Å². The van der Waals surface area contributed by atoms with E-state index in [0.717, 1.165) is 6.42 Å². The smallest absolute Gasteiger partial charge is 0.254 e. The lowest BCUT2D eigenvalue weighted by molar-refractivity contribution is -0.132. The molecule has 7 heteroatoms. The van der Waals surface area contributed by atoms with Crippen LogP contribution in [0, 0.1) is 11.2 Å². The number of carbonyl (C=O) groups is 2. The Labute approximate surface area is 176 Å². The summed E-state index contributed by atoms with van der Waals surface area (Å²) in [5.74, 6) is 0.412. The molecule has 0 saturated carbocycles. The van der Waals surface area contributed by atoms with E-state index in [1.54, 1.807) is 35.2 Å². The standard InChI is InChI=1S/C23H27FN2O4/c1-23(22(28)25-14-16-6-4-7-18(24)10-16)8-5-9-26(15-23)21(27)17-11-19(29-2)13-20(12-17)30-3/h4,6-7,10-13H,5,8-9,14-15H2,1-3H3,(H,25,28)/t23-/m1/s1. The third-order valence-corrected chi connectivity index (χ3v) is 5.47. The van der Waals surface area contributed by atoms with Gasteiger partial charge in [0.1, 0.15) is 17.3 Å². The monoisotopic (exact) mass is 414 g/mol. The van der Waals surface area contributed by atoms with Crippen LogP contribution < -0.4 is 14.8 Å². The molecule has 1 fully saturated rings. The zero-order valence-corrected chi connectivity index (χ0v) is 17.5. The van der Waals surface area contributed by atoms with Gasteiger partial charge in [-0.15, -0.1) is 0 Å². The normalized spacial score (nSPS) is 18.6. The second-order valence-corrected chi connectivity index (χ2v) is 7.80. The fraction of sp³-hybridized carbons (Fsp3) is 0.391. The van der Waals surface area contributed by atoms with Crippen LogP contribution in [-0.4, -0.2) is 44.0 Å². The van der Waals surface area contributed by atoms with Crippen LogP contribution in [-0.2, 0) is 11.3 Å². The van der Waals surface area contributed by atoms with Crippen LogP contribution in [0.3, 0.4) is 0 Å². The number of likely N-dealkylation sites (tertiary alicyclic amines) is 1. The number of piperidine rings is 1. The molecular formula is C23H27FN2O4. The molecule has 0 aliphatic carbocycles. The Morgan fingerprint density at radius 1 is 1.13 bits per heavy atom. The first-order valence-electron chi connectivity index (χ1n) is 9.90. The van der Waals surface area contributed by atoms with Gasteiger partial charge in [0.05, 0.1) is 19.6 Å². The van der Waals surface area contributed by atoms with Crippen LogP contribution in [0.15, 0.2) is 42.5 Å². The number of rotatable bonds is 6. The molecule has 0 spiro atoms. The van der Waals surface area contributed by atoms with Crippen molar-refractivity contribution < 1.29 is 23.5 Å². The van der Waals surface area contributed by atoms with E-state index in [2.05, 4.69) is 5.32 Å². The summed E-state index contributed by atoms with van der Waals surface area (Å²) in [6, 6.07) is 11.2. The number of hydrogen-bond donors (Lipinski definition) is 1. The average Bonchev–Trinajstić information content (AvgIpc) is 2.76. The molecule has 6 nitrogen and oxygen atoms in total. The zero-order valence-electron chi connectivity index (χ0n) is 17.5. The molecule has 0 unspecified atom stereocenters. The number of carbonyl (C=O) groups excluding carboxylic acids is 2. The quantitative estimate of drug-likeness (QED) is 0.787. The van der Waals surface area contributed by atoms with E-state index >= 15 is 0 Å². The highest BCUT2D eigenvalue weighted by molar-refractivity contribution is 5.96. The van der Waals surface area contributed by atoms with Gasteiger partial charge in [0.15, 0.2) is 0 Å². The van der Waals surface area contributed by atoms with E-state index in [0.29, 0.717) is 42.1 Å². The van der Waals surface area contributed by atoms with Gasteiger partial charge in [-0.25, -0.2) is 4.39 Å². The van der Waals surface area contributed by atoms with Crippen molar-refractivity contribution in [1.82, 2.24) is 10.2 Å². The van der Waals surface area contributed by atoms with Gasteiger partial charge in [-0.1, -0.05) is 12.1 Å². The molecule has 30 heavy (non-hydrogen) atoms. The lowest BCUT2D eigenvalue weighted by atomic mass is 9.80. The Morgan fingerprint density at radius 3 is 2.47 bits per heavy atom. The van der Waals surface area contributed by atoms with Crippen LogP contribution in [0.4, 0.5) is 4.39 Å². The zero-order chi connectivity index (χ0) is 21.7. The van der Waals surface area contributed by atoms with Crippen LogP contribution in [0.25, 0.3) is 0 Å². The van der Waals surface area contributed by atoms with Crippen LogP contribution in [0.5, 0.6) is 11.5 Å². The van der Waals surface area contributed by atoms with Gasteiger partial charge in [-0.3, -0.25) is 9.59 Å². The Hall–Kier alpha value is -3.09. The molecule has 160 valence electrons. The summed E-state index contributed by atoms with van der Waals surface area (Å²) in [5.41, 5.74) is 0.430. The number of nitrogens with zero attached hydrogens (tertiary/aromatic N) is 1. The number of nitrogens with one attached hydrogen (secondary N) is 1. The topological polar surface area (TPSA) is 67.9 Å². The van der Waals surface area contributed by atoms with Gasteiger partial charge < -0.3 is 19.7 Å². The van der Waals surface area contributed by atoms with Crippen molar-refractivity contribution in [2.24, 2.45) is 5.41 Å². The highest BCUT2D eigenvalue weighted by Gasteiger charge is 2.39. The summed E-state index contributed by atoms with van der Waals surface area (Å²) in [4.78, 5) is 27.7. The summed E-state index contributed by atoms with van der Waals surface area (Å²) in [6.45, 7) is 2.98. The molecule has 0 bridgehead atoms.